The Kier molecular flexibility index (Phi) is 6.79. The number of halogens is 1. The van der Waals surface area contributed by atoms with Crippen LogP contribution >= 0.6 is 0 Å². The van der Waals surface area contributed by atoms with Crippen LogP contribution in [0.5, 0.6) is 5.75 Å². The molecular weight excluding hydrogens is 347 g/mol. The van der Waals surface area contributed by atoms with Gasteiger partial charge < -0.3 is 14.8 Å². The molecule has 0 bridgehead atoms. The molecule has 1 N–H and O–H groups in total. The highest BCUT2D eigenvalue weighted by Crippen LogP contribution is 2.22. The lowest BCUT2D eigenvalue weighted by molar-refractivity contribution is 0.0162. The smallest absolute Gasteiger partial charge is 0.251 e. The molecule has 0 aliphatic carbocycles. The van der Waals surface area contributed by atoms with Crippen LogP contribution in [0.4, 0.5) is 4.39 Å². The first kappa shape index (κ1) is 19.3. The Morgan fingerprint density at radius 3 is 2.44 bits per heavy atom. The van der Waals surface area contributed by atoms with Gasteiger partial charge in [-0.1, -0.05) is 12.1 Å². The second-order valence-electron chi connectivity index (χ2n) is 6.38. The predicted molar refractivity (Wildman–Crippen MR) is 101 cm³/mol. The molecule has 1 atom stereocenters. The van der Waals surface area contributed by atoms with Crippen molar-refractivity contribution in [2.24, 2.45) is 0 Å². The van der Waals surface area contributed by atoms with Gasteiger partial charge in [-0.05, 0) is 48.9 Å². The molecule has 1 saturated heterocycles. The molecule has 1 aliphatic heterocycles. The monoisotopic (exact) mass is 372 g/mol. The SMILES string of the molecule is CCOc1ccc(C(=O)NC[C@H](c2ccc(F)cc2)N2CCOCC2)cc1. The summed E-state index contributed by atoms with van der Waals surface area (Å²) in [4.78, 5) is 14.8. The Bertz CT molecular complexity index is 728. The Hall–Kier alpha value is -2.44. The molecule has 5 nitrogen and oxygen atoms in total. The zero-order chi connectivity index (χ0) is 19.1. The molecule has 1 aliphatic rings. The van der Waals surface area contributed by atoms with Crippen molar-refractivity contribution in [2.45, 2.75) is 13.0 Å². The number of carbonyl (C=O) groups excluding carboxylic acids is 1. The van der Waals surface area contributed by atoms with Crippen molar-refractivity contribution in [3.63, 3.8) is 0 Å². The quantitative estimate of drug-likeness (QED) is 0.812. The lowest BCUT2D eigenvalue weighted by Crippen LogP contribution is -2.43. The third-order valence-corrected chi connectivity index (χ3v) is 4.62. The van der Waals surface area contributed by atoms with Gasteiger partial charge >= 0.3 is 0 Å². The van der Waals surface area contributed by atoms with Gasteiger partial charge in [-0.2, -0.15) is 0 Å². The number of hydrogen-bond acceptors (Lipinski definition) is 4. The number of amides is 1. The Balaban J connectivity index is 1.67. The lowest BCUT2D eigenvalue weighted by Gasteiger charge is -2.35. The fraction of sp³-hybridized carbons (Fsp3) is 0.381. The highest BCUT2D eigenvalue weighted by atomic mass is 19.1. The third kappa shape index (κ3) is 5.28. The van der Waals surface area contributed by atoms with Crippen LogP contribution in [0.3, 0.4) is 0 Å². The van der Waals surface area contributed by atoms with Gasteiger partial charge in [0.25, 0.3) is 5.91 Å². The Morgan fingerprint density at radius 2 is 1.81 bits per heavy atom. The summed E-state index contributed by atoms with van der Waals surface area (Å²) in [5, 5.41) is 3.00. The maximum Gasteiger partial charge on any atom is 0.251 e. The summed E-state index contributed by atoms with van der Waals surface area (Å²) >= 11 is 0. The van der Waals surface area contributed by atoms with Gasteiger partial charge in [-0.3, -0.25) is 9.69 Å². The van der Waals surface area contributed by atoms with Gasteiger partial charge in [0.1, 0.15) is 11.6 Å². The minimum Gasteiger partial charge on any atom is -0.494 e. The van der Waals surface area contributed by atoms with Crippen molar-refractivity contribution in [2.75, 3.05) is 39.5 Å². The number of ether oxygens (including phenoxy) is 2. The molecule has 0 saturated carbocycles. The van der Waals surface area contributed by atoms with Crippen LogP contribution < -0.4 is 10.1 Å². The normalized spacial score (nSPS) is 15.9. The predicted octanol–water partition coefficient (Wildman–Crippen LogP) is 3.03. The molecule has 1 heterocycles. The molecule has 0 spiro atoms. The van der Waals surface area contributed by atoms with Gasteiger partial charge in [0.05, 0.1) is 25.9 Å². The van der Waals surface area contributed by atoms with Crippen LogP contribution in [0.1, 0.15) is 28.9 Å². The average molecular weight is 372 g/mol. The van der Waals surface area contributed by atoms with E-state index in [2.05, 4.69) is 10.2 Å². The van der Waals surface area contributed by atoms with Gasteiger partial charge in [0.15, 0.2) is 0 Å². The number of rotatable bonds is 7. The van der Waals surface area contributed by atoms with Crippen LogP contribution in [0.15, 0.2) is 48.5 Å². The van der Waals surface area contributed by atoms with Crippen LogP contribution in [0, 0.1) is 5.82 Å². The molecule has 6 heteroatoms. The number of benzene rings is 2. The van der Waals surface area contributed by atoms with E-state index in [-0.39, 0.29) is 17.8 Å². The van der Waals surface area contributed by atoms with E-state index in [4.69, 9.17) is 9.47 Å². The van der Waals surface area contributed by atoms with Crippen molar-refractivity contribution in [1.29, 1.82) is 0 Å². The summed E-state index contributed by atoms with van der Waals surface area (Å²) < 4.78 is 24.1. The Morgan fingerprint density at radius 1 is 1.15 bits per heavy atom. The van der Waals surface area contributed by atoms with E-state index < -0.39 is 0 Å². The summed E-state index contributed by atoms with van der Waals surface area (Å²) in [6.07, 6.45) is 0. The van der Waals surface area contributed by atoms with E-state index in [0.29, 0.717) is 31.9 Å². The van der Waals surface area contributed by atoms with Crippen LogP contribution in [-0.2, 0) is 4.74 Å². The van der Waals surface area contributed by atoms with E-state index in [0.717, 1.165) is 24.4 Å². The first-order chi connectivity index (χ1) is 13.2. The third-order valence-electron chi connectivity index (χ3n) is 4.62. The van der Waals surface area contributed by atoms with Gasteiger partial charge in [0.2, 0.25) is 0 Å². The molecular formula is C21H25FN2O3. The molecule has 1 amide bonds. The fourth-order valence-electron chi connectivity index (χ4n) is 3.19. The number of morpholine rings is 1. The van der Waals surface area contributed by atoms with Crippen molar-refractivity contribution in [3.05, 3.63) is 65.5 Å². The summed E-state index contributed by atoms with van der Waals surface area (Å²) in [6.45, 7) is 5.82. The second kappa shape index (κ2) is 9.48. The van der Waals surface area contributed by atoms with Gasteiger partial charge in [-0.15, -0.1) is 0 Å². The molecule has 0 unspecified atom stereocenters. The van der Waals surface area contributed by atoms with E-state index >= 15 is 0 Å². The first-order valence-electron chi connectivity index (χ1n) is 9.25. The minimum absolute atomic E-state index is 0.0267. The maximum absolute atomic E-state index is 13.3. The van der Waals surface area contributed by atoms with Crippen molar-refractivity contribution < 1.29 is 18.7 Å². The molecule has 3 rings (SSSR count). The fourth-order valence-corrected chi connectivity index (χ4v) is 3.19. The molecule has 144 valence electrons. The van der Waals surface area contributed by atoms with E-state index in [9.17, 15) is 9.18 Å². The molecule has 2 aromatic rings. The standard InChI is InChI=1S/C21H25FN2O3/c1-2-27-19-9-5-17(6-10-19)21(25)23-15-20(24-11-13-26-14-12-24)16-3-7-18(22)8-4-16/h3-10,20H,2,11-15H2,1H3,(H,23,25)/t20-/m1/s1. The number of hydrogen-bond donors (Lipinski definition) is 1. The summed E-state index contributed by atoms with van der Waals surface area (Å²) in [5.74, 6) is 0.336. The second-order valence-corrected chi connectivity index (χ2v) is 6.38. The highest BCUT2D eigenvalue weighted by Gasteiger charge is 2.23. The van der Waals surface area contributed by atoms with Gasteiger partial charge in [-0.25, -0.2) is 4.39 Å². The largest absolute Gasteiger partial charge is 0.494 e. The Labute approximate surface area is 159 Å². The zero-order valence-electron chi connectivity index (χ0n) is 15.5. The minimum atomic E-state index is -0.266. The molecule has 0 radical (unpaired) electrons. The molecule has 27 heavy (non-hydrogen) atoms. The van der Waals surface area contributed by atoms with Crippen LogP contribution in [-0.4, -0.2) is 50.3 Å². The summed E-state index contributed by atoms with van der Waals surface area (Å²) in [7, 11) is 0. The van der Waals surface area contributed by atoms with Crippen molar-refractivity contribution in [1.82, 2.24) is 10.2 Å². The average Bonchev–Trinajstić information content (AvgIpc) is 2.71. The number of nitrogens with zero attached hydrogens (tertiary/aromatic N) is 1. The van der Waals surface area contributed by atoms with Crippen molar-refractivity contribution in [3.8, 4) is 5.75 Å². The maximum atomic E-state index is 13.3. The summed E-state index contributed by atoms with van der Waals surface area (Å²) in [5.41, 5.74) is 1.56. The van der Waals surface area contributed by atoms with E-state index in [1.54, 1.807) is 36.4 Å². The summed E-state index contributed by atoms with van der Waals surface area (Å²) in [6, 6.07) is 13.5. The van der Waals surface area contributed by atoms with Crippen molar-refractivity contribution >= 4 is 5.91 Å². The zero-order valence-corrected chi connectivity index (χ0v) is 15.5. The first-order valence-corrected chi connectivity index (χ1v) is 9.25. The molecule has 2 aromatic carbocycles. The van der Waals surface area contributed by atoms with E-state index in [1.165, 1.54) is 12.1 Å². The number of carbonyl (C=O) groups is 1. The van der Waals surface area contributed by atoms with Gasteiger partial charge in [0, 0.05) is 25.2 Å². The van der Waals surface area contributed by atoms with Crippen LogP contribution in [0.2, 0.25) is 0 Å². The van der Waals surface area contributed by atoms with E-state index in [1.807, 2.05) is 6.92 Å². The number of nitrogens with one attached hydrogen (secondary N) is 1. The molecule has 0 aromatic heterocycles. The van der Waals surface area contributed by atoms with Crippen LogP contribution in [0.25, 0.3) is 0 Å². The lowest BCUT2D eigenvalue weighted by atomic mass is 10.0. The topological polar surface area (TPSA) is 50.8 Å². The highest BCUT2D eigenvalue weighted by molar-refractivity contribution is 5.94. The molecule has 1 fully saturated rings.